The molecule has 0 radical (unpaired) electrons. The van der Waals surface area contributed by atoms with Gasteiger partial charge in [0.05, 0.1) is 16.9 Å². The van der Waals surface area contributed by atoms with E-state index in [-0.39, 0.29) is 6.04 Å². The van der Waals surface area contributed by atoms with E-state index >= 15 is 0 Å². The van der Waals surface area contributed by atoms with Crippen molar-refractivity contribution in [2.75, 3.05) is 0 Å². The lowest BCUT2D eigenvalue weighted by Crippen LogP contribution is -2.28. The van der Waals surface area contributed by atoms with Crippen LogP contribution in [0.2, 0.25) is 5.02 Å². The monoisotopic (exact) mass is 342 g/mol. The summed E-state index contributed by atoms with van der Waals surface area (Å²) in [7, 11) is 0. The van der Waals surface area contributed by atoms with Gasteiger partial charge in [-0.05, 0) is 38.5 Å². The van der Waals surface area contributed by atoms with Crippen LogP contribution in [-0.2, 0) is 5.60 Å². The maximum Gasteiger partial charge on any atom is 0.130 e. The molecule has 19 heavy (non-hydrogen) atoms. The van der Waals surface area contributed by atoms with E-state index in [1.807, 2.05) is 38.1 Å². The number of hydrogen-bond acceptors (Lipinski definition) is 2. The second-order valence-electron chi connectivity index (χ2n) is 4.96. The van der Waals surface area contributed by atoms with Crippen molar-refractivity contribution < 1.29 is 5.11 Å². The van der Waals surface area contributed by atoms with E-state index in [0.29, 0.717) is 10.7 Å². The van der Waals surface area contributed by atoms with Crippen molar-refractivity contribution in [1.82, 2.24) is 9.78 Å². The van der Waals surface area contributed by atoms with Gasteiger partial charge in [-0.25, -0.2) is 0 Å². The zero-order chi connectivity index (χ0) is 14.2. The summed E-state index contributed by atoms with van der Waals surface area (Å²) in [6, 6.07) is 7.69. The SMILES string of the molecule is CC(C)n1ncc(Cl)c1C(C)(O)c1cccc(Br)c1. The summed E-state index contributed by atoms with van der Waals surface area (Å²) in [6.07, 6.45) is 1.57. The maximum atomic E-state index is 10.9. The van der Waals surface area contributed by atoms with Crippen molar-refractivity contribution in [3.05, 3.63) is 51.2 Å². The number of hydrogen-bond donors (Lipinski definition) is 1. The van der Waals surface area contributed by atoms with Crippen molar-refractivity contribution in [1.29, 1.82) is 0 Å². The predicted molar refractivity (Wildman–Crippen MR) is 80.4 cm³/mol. The van der Waals surface area contributed by atoms with E-state index in [1.54, 1.807) is 17.8 Å². The Morgan fingerprint density at radius 2 is 2.11 bits per heavy atom. The molecule has 0 saturated carbocycles. The summed E-state index contributed by atoms with van der Waals surface area (Å²) in [5.74, 6) is 0. The number of aliphatic hydroxyl groups is 1. The number of halogens is 2. The van der Waals surface area contributed by atoms with Gasteiger partial charge in [-0.2, -0.15) is 5.10 Å². The van der Waals surface area contributed by atoms with Crippen LogP contribution in [0.4, 0.5) is 0 Å². The second kappa shape index (κ2) is 5.27. The lowest BCUT2D eigenvalue weighted by Gasteiger charge is -2.27. The summed E-state index contributed by atoms with van der Waals surface area (Å²) in [5, 5.41) is 15.6. The number of rotatable bonds is 3. The maximum absolute atomic E-state index is 10.9. The van der Waals surface area contributed by atoms with Gasteiger partial charge in [0.25, 0.3) is 0 Å². The molecule has 1 N–H and O–H groups in total. The number of nitrogens with zero attached hydrogens (tertiary/aromatic N) is 2. The fraction of sp³-hybridized carbons (Fsp3) is 0.357. The Bertz CT molecular complexity index is 593. The minimum absolute atomic E-state index is 0.126. The van der Waals surface area contributed by atoms with Crippen LogP contribution in [0.3, 0.4) is 0 Å². The largest absolute Gasteiger partial charge is 0.379 e. The van der Waals surface area contributed by atoms with Crippen molar-refractivity contribution >= 4 is 27.5 Å². The molecule has 0 bridgehead atoms. The molecule has 0 spiro atoms. The molecule has 1 aromatic carbocycles. The molecular formula is C14H16BrClN2O. The third kappa shape index (κ3) is 2.71. The van der Waals surface area contributed by atoms with E-state index in [1.165, 1.54) is 0 Å². The molecule has 2 aromatic rings. The lowest BCUT2D eigenvalue weighted by molar-refractivity contribution is 0.0901. The van der Waals surface area contributed by atoms with Gasteiger partial charge in [-0.15, -0.1) is 0 Å². The van der Waals surface area contributed by atoms with Crippen LogP contribution in [0.15, 0.2) is 34.9 Å². The fourth-order valence-electron chi connectivity index (χ4n) is 2.12. The molecule has 3 nitrogen and oxygen atoms in total. The highest BCUT2D eigenvalue weighted by atomic mass is 79.9. The summed E-state index contributed by atoms with van der Waals surface area (Å²) in [5.41, 5.74) is 0.190. The predicted octanol–water partition coefficient (Wildman–Crippen LogP) is 4.14. The summed E-state index contributed by atoms with van der Waals surface area (Å²) < 4.78 is 2.67. The van der Waals surface area contributed by atoms with Crippen LogP contribution in [-0.4, -0.2) is 14.9 Å². The highest BCUT2D eigenvalue weighted by molar-refractivity contribution is 9.10. The van der Waals surface area contributed by atoms with Crippen molar-refractivity contribution in [3.63, 3.8) is 0 Å². The van der Waals surface area contributed by atoms with Gasteiger partial charge in [-0.3, -0.25) is 4.68 Å². The van der Waals surface area contributed by atoms with E-state index in [9.17, 15) is 5.11 Å². The molecule has 1 aromatic heterocycles. The average Bonchev–Trinajstić information content (AvgIpc) is 2.72. The Labute approximate surface area is 126 Å². The van der Waals surface area contributed by atoms with Crippen LogP contribution in [0.5, 0.6) is 0 Å². The van der Waals surface area contributed by atoms with Gasteiger partial charge < -0.3 is 5.11 Å². The molecule has 0 aliphatic rings. The first-order chi connectivity index (χ1) is 8.84. The van der Waals surface area contributed by atoms with Crippen molar-refractivity contribution in [3.8, 4) is 0 Å². The van der Waals surface area contributed by atoms with Crippen LogP contribution in [0, 0.1) is 0 Å². The van der Waals surface area contributed by atoms with Crippen molar-refractivity contribution in [2.45, 2.75) is 32.4 Å². The molecule has 0 fully saturated rings. The molecule has 5 heteroatoms. The van der Waals surface area contributed by atoms with E-state index in [2.05, 4.69) is 21.0 Å². The standard InChI is InChI=1S/C14H16BrClN2O/c1-9(2)18-13(12(16)8-17-18)14(3,19)10-5-4-6-11(15)7-10/h4-9,19H,1-3H3. The molecule has 0 aliphatic heterocycles. The van der Waals surface area contributed by atoms with Gasteiger partial charge in [0, 0.05) is 10.5 Å². The Morgan fingerprint density at radius 1 is 1.42 bits per heavy atom. The second-order valence-corrected chi connectivity index (χ2v) is 6.28. The van der Waals surface area contributed by atoms with Crippen LogP contribution >= 0.6 is 27.5 Å². The number of aromatic nitrogens is 2. The molecule has 1 heterocycles. The number of benzene rings is 1. The molecule has 0 amide bonds. The molecule has 102 valence electrons. The van der Waals surface area contributed by atoms with Gasteiger partial charge >= 0.3 is 0 Å². The Hall–Kier alpha value is -0.840. The van der Waals surface area contributed by atoms with E-state index in [4.69, 9.17) is 11.6 Å². The smallest absolute Gasteiger partial charge is 0.130 e. The van der Waals surface area contributed by atoms with Crippen LogP contribution in [0.25, 0.3) is 0 Å². The van der Waals surface area contributed by atoms with Gasteiger partial charge in [0.1, 0.15) is 5.60 Å². The van der Waals surface area contributed by atoms with Gasteiger partial charge in [-0.1, -0.05) is 39.7 Å². The molecule has 0 saturated heterocycles. The molecule has 1 atom stereocenters. The molecule has 0 aliphatic carbocycles. The first kappa shape index (κ1) is 14.6. The summed E-state index contributed by atoms with van der Waals surface area (Å²) >= 11 is 9.63. The zero-order valence-corrected chi connectivity index (χ0v) is 13.4. The molecular weight excluding hydrogens is 328 g/mol. The first-order valence-electron chi connectivity index (χ1n) is 6.06. The minimum Gasteiger partial charge on any atom is -0.379 e. The average molecular weight is 344 g/mol. The van der Waals surface area contributed by atoms with Gasteiger partial charge in [0.15, 0.2) is 0 Å². The zero-order valence-electron chi connectivity index (χ0n) is 11.1. The minimum atomic E-state index is -1.19. The molecule has 1 unspecified atom stereocenters. The topological polar surface area (TPSA) is 38.0 Å². The van der Waals surface area contributed by atoms with Crippen molar-refractivity contribution in [2.24, 2.45) is 0 Å². The van der Waals surface area contributed by atoms with E-state index < -0.39 is 5.60 Å². The normalized spacial score (nSPS) is 14.7. The quantitative estimate of drug-likeness (QED) is 0.909. The first-order valence-corrected chi connectivity index (χ1v) is 7.23. The Balaban J connectivity index is 2.59. The summed E-state index contributed by atoms with van der Waals surface area (Å²) in [4.78, 5) is 0. The summed E-state index contributed by atoms with van der Waals surface area (Å²) in [6.45, 7) is 5.74. The highest BCUT2D eigenvalue weighted by Gasteiger charge is 2.33. The Morgan fingerprint density at radius 3 is 2.68 bits per heavy atom. The van der Waals surface area contributed by atoms with Crippen LogP contribution < -0.4 is 0 Å². The third-order valence-corrected chi connectivity index (χ3v) is 3.86. The van der Waals surface area contributed by atoms with Crippen LogP contribution in [0.1, 0.15) is 38.1 Å². The Kier molecular flexibility index (Phi) is 4.04. The van der Waals surface area contributed by atoms with Gasteiger partial charge in [0.2, 0.25) is 0 Å². The van der Waals surface area contributed by atoms with E-state index in [0.717, 1.165) is 10.0 Å². The highest BCUT2D eigenvalue weighted by Crippen LogP contribution is 2.36. The molecule has 2 rings (SSSR count). The lowest BCUT2D eigenvalue weighted by atomic mass is 9.92. The fourth-order valence-corrected chi connectivity index (χ4v) is 2.83. The third-order valence-electron chi connectivity index (χ3n) is 3.09.